The molecule has 1 aliphatic heterocycles. The molecule has 2 unspecified atom stereocenters. The van der Waals surface area contributed by atoms with Crippen LogP contribution in [0.25, 0.3) is 10.9 Å². The van der Waals surface area contributed by atoms with E-state index in [-0.39, 0.29) is 11.5 Å². The highest BCUT2D eigenvalue weighted by Crippen LogP contribution is 2.33. The minimum atomic E-state index is 0.150. The molecule has 152 valence electrons. The quantitative estimate of drug-likeness (QED) is 0.603. The summed E-state index contributed by atoms with van der Waals surface area (Å²) >= 11 is 0. The second-order valence-electron chi connectivity index (χ2n) is 8.63. The number of hydrogen-bond acceptors (Lipinski definition) is 3. The number of fused-ring (bicyclic) bond motifs is 1. The average Bonchev–Trinajstić information content (AvgIpc) is 2.69. The Morgan fingerprint density at radius 2 is 2.04 bits per heavy atom. The Hall–Kier alpha value is -2.14. The zero-order chi connectivity index (χ0) is 20.0. The number of nitrogens with zero attached hydrogens (tertiary/aromatic N) is 2. The number of benzene rings is 1. The molecule has 1 aromatic heterocycles. The van der Waals surface area contributed by atoms with E-state index >= 15 is 0 Å². The predicted octanol–water partition coefficient (Wildman–Crippen LogP) is 4.13. The van der Waals surface area contributed by atoms with E-state index in [4.69, 9.17) is 9.73 Å². The lowest BCUT2D eigenvalue weighted by Crippen LogP contribution is -2.47. The van der Waals surface area contributed by atoms with Crippen molar-refractivity contribution in [1.82, 2.24) is 15.6 Å². The SMILES string of the molecule is CCNC(=NCc1cccc2cccnc12)NCC1CCCOC1C(C)(C)C. The highest BCUT2D eigenvalue weighted by atomic mass is 16.5. The number of ether oxygens (including phenoxy) is 1. The maximum Gasteiger partial charge on any atom is 0.191 e. The molecule has 3 rings (SSSR count). The Morgan fingerprint density at radius 1 is 1.21 bits per heavy atom. The van der Waals surface area contributed by atoms with Crippen LogP contribution in [0.4, 0.5) is 0 Å². The normalized spacial score (nSPS) is 20.9. The molecule has 5 nitrogen and oxygen atoms in total. The van der Waals surface area contributed by atoms with Gasteiger partial charge in [-0.3, -0.25) is 4.98 Å². The Labute approximate surface area is 169 Å². The van der Waals surface area contributed by atoms with E-state index in [2.05, 4.69) is 67.6 Å². The van der Waals surface area contributed by atoms with Crippen molar-refractivity contribution in [3.8, 4) is 0 Å². The van der Waals surface area contributed by atoms with E-state index in [0.717, 1.165) is 48.5 Å². The van der Waals surface area contributed by atoms with Gasteiger partial charge in [-0.2, -0.15) is 0 Å². The van der Waals surface area contributed by atoms with Crippen LogP contribution in [-0.4, -0.2) is 36.7 Å². The molecule has 28 heavy (non-hydrogen) atoms. The smallest absolute Gasteiger partial charge is 0.191 e. The van der Waals surface area contributed by atoms with E-state index in [9.17, 15) is 0 Å². The number of pyridine rings is 1. The van der Waals surface area contributed by atoms with Crippen molar-refractivity contribution < 1.29 is 4.74 Å². The first-order chi connectivity index (χ1) is 13.5. The molecule has 2 aromatic rings. The third-order valence-corrected chi connectivity index (χ3v) is 5.30. The molecule has 0 radical (unpaired) electrons. The van der Waals surface area contributed by atoms with Gasteiger partial charge < -0.3 is 15.4 Å². The van der Waals surface area contributed by atoms with Gasteiger partial charge in [0.15, 0.2) is 5.96 Å². The van der Waals surface area contributed by atoms with Gasteiger partial charge in [0.05, 0.1) is 18.2 Å². The average molecular weight is 383 g/mol. The Kier molecular flexibility index (Phi) is 6.89. The minimum Gasteiger partial charge on any atom is -0.377 e. The molecule has 2 atom stereocenters. The van der Waals surface area contributed by atoms with Crippen LogP contribution in [0.15, 0.2) is 41.5 Å². The molecule has 1 fully saturated rings. The lowest BCUT2D eigenvalue weighted by atomic mass is 9.78. The highest BCUT2D eigenvalue weighted by Gasteiger charge is 2.35. The standard InChI is InChI=1S/C23H34N4O/c1-5-24-22(27-16-19-12-8-14-28-21(19)23(2,3)4)26-15-18-10-6-9-17-11-7-13-25-20(17)18/h6-7,9-11,13,19,21H,5,8,12,14-16H2,1-4H3,(H2,24,26,27). The maximum absolute atomic E-state index is 6.12. The molecule has 2 heterocycles. The van der Waals surface area contributed by atoms with E-state index in [0.29, 0.717) is 12.5 Å². The molecule has 0 bridgehead atoms. The van der Waals surface area contributed by atoms with Crippen LogP contribution in [0.1, 0.15) is 46.1 Å². The minimum absolute atomic E-state index is 0.150. The van der Waals surface area contributed by atoms with Crippen LogP contribution >= 0.6 is 0 Å². The van der Waals surface area contributed by atoms with Crippen LogP contribution in [0.2, 0.25) is 0 Å². The molecule has 0 saturated carbocycles. The van der Waals surface area contributed by atoms with E-state index < -0.39 is 0 Å². The number of hydrogen-bond donors (Lipinski definition) is 2. The summed E-state index contributed by atoms with van der Waals surface area (Å²) in [6, 6.07) is 10.3. The second-order valence-corrected chi connectivity index (χ2v) is 8.63. The van der Waals surface area contributed by atoms with E-state index in [1.54, 1.807) is 0 Å². The van der Waals surface area contributed by atoms with Gasteiger partial charge in [0, 0.05) is 37.2 Å². The van der Waals surface area contributed by atoms with Crippen LogP contribution in [-0.2, 0) is 11.3 Å². The van der Waals surface area contributed by atoms with Crippen molar-refractivity contribution in [2.75, 3.05) is 19.7 Å². The van der Waals surface area contributed by atoms with E-state index in [1.807, 2.05) is 12.3 Å². The molecular weight excluding hydrogens is 348 g/mol. The van der Waals surface area contributed by atoms with Crippen LogP contribution < -0.4 is 10.6 Å². The summed E-state index contributed by atoms with van der Waals surface area (Å²) in [6.07, 6.45) is 4.45. The van der Waals surface area contributed by atoms with Gasteiger partial charge in [-0.25, -0.2) is 4.99 Å². The van der Waals surface area contributed by atoms with Crippen molar-refractivity contribution >= 4 is 16.9 Å². The second kappa shape index (κ2) is 9.37. The lowest BCUT2D eigenvalue weighted by molar-refractivity contribution is -0.0835. The zero-order valence-corrected chi connectivity index (χ0v) is 17.7. The van der Waals surface area contributed by atoms with Crippen LogP contribution in [0, 0.1) is 11.3 Å². The van der Waals surface area contributed by atoms with Gasteiger partial charge in [-0.1, -0.05) is 45.0 Å². The molecule has 0 spiro atoms. The van der Waals surface area contributed by atoms with Gasteiger partial charge in [0.2, 0.25) is 0 Å². The van der Waals surface area contributed by atoms with Gasteiger partial charge in [0.1, 0.15) is 0 Å². The Bertz CT molecular complexity index is 791. The highest BCUT2D eigenvalue weighted by molar-refractivity contribution is 5.83. The summed E-state index contributed by atoms with van der Waals surface area (Å²) < 4.78 is 6.12. The first-order valence-electron chi connectivity index (χ1n) is 10.5. The third-order valence-electron chi connectivity index (χ3n) is 5.30. The van der Waals surface area contributed by atoms with Crippen molar-refractivity contribution in [2.24, 2.45) is 16.3 Å². The molecular formula is C23H34N4O. The number of aromatic nitrogens is 1. The van der Waals surface area contributed by atoms with Crippen LogP contribution in [0.3, 0.4) is 0 Å². The fraction of sp³-hybridized carbons (Fsp3) is 0.565. The van der Waals surface area contributed by atoms with Gasteiger partial charge >= 0.3 is 0 Å². The predicted molar refractivity (Wildman–Crippen MR) is 116 cm³/mol. The largest absolute Gasteiger partial charge is 0.377 e. The topological polar surface area (TPSA) is 58.5 Å². The number of para-hydroxylation sites is 1. The summed E-state index contributed by atoms with van der Waals surface area (Å²) in [5.74, 6) is 1.35. The summed E-state index contributed by atoms with van der Waals surface area (Å²) in [4.78, 5) is 9.35. The first kappa shape index (κ1) is 20.6. The summed E-state index contributed by atoms with van der Waals surface area (Å²) in [5, 5.41) is 8.07. The van der Waals surface area contributed by atoms with Gasteiger partial charge in [-0.15, -0.1) is 0 Å². The molecule has 2 N–H and O–H groups in total. The fourth-order valence-electron chi connectivity index (χ4n) is 4.04. The number of rotatable bonds is 5. The number of nitrogens with one attached hydrogen (secondary N) is 2. The fourth-order valence-corrected chi connectivity index (χ4v) is 4.04. The molecule has 1 saturated heterocycles. The number of guanidine groups is 1. The van der Waals surface area contributed by atoms with Crippen molar-refractivity contribution in [2.45, 2.75) is 53.2 Å². The molecule has 0 amide bonds. The zero-order valence-electron chi connectivity index (χ0n) is 17.7. The monoisotopic (exact) mass is 382 g/mol. The van der Waals surface area contributed by atoms with Crippen molar-refractivity contribution in [3.05, 3.63) is 42.1 Å². The maximum atomic E-state index is 6.12. The summed E-state index contributed by atoms with van der Waals surface area (Å²) in [7, 11) is 0. The van der Waals surface area contributed by atoms with Crippen molar-refractivity contribution in [3.63, 3.8) is 0 Å². The number of aliphatic imine (C=N–C) groups is 1. The molecule has 1 aromatic carbocycles. The summed E-state index contributed by atoms with van der Waals surface area (Å²) in [5.41, 5.74) is 2.32. The third kappa shape index (κ3) is 5.22. The lowest BCUT2D eigenvalue weighted by Gasteiger charge is -2.40. The molecule has 1 aliphatic rings. The van der Waals surface area contributed by atoms with E-state index in [1.165, 1.54) is 6.42 Å². The van der Waals surface area contributed by atoms with Gasteiger partial charge in [0.25, 0.3) is 0 Å². The van der Waals surface area contributed by atoms with Crippen LogP contribution in [0.5, 0.6) is 0 Å². The first-order valence-corrected chi connectivity index (χ1v) is 10.5. The Morgan fingerprint density at radius 3 is 2.82 bits per heavy atom. The summed E-state index contributed by atoms with van der Waals surface area (Å²) in [6.45, 7) is 12.1. The molecule has 0 aliphatic carbocycles. The van der Waals surface area contributed by atoms with Crippen molar-refractivity contribution in [1.29, 1.82) is 0 Å². The van der Waals surface area contributed by atoms with Gasteiger partial charge in [-0.05, 0) is 36.8 Å². The molecule has 5 heteroatoms. The Balaban J connectivity index is 1.69.